The highest BCUT2D eigenvalue weighted by molar-refractivity contribution is 5.75. The van der Waals surface area contributed by atoms with Gasteiger partial charge in [0.25, 0.3) is 0 Å². The summed E-state index contributed by atoms with van der Waals surface area (Å²) in [6.07, 6.45) is 3.71. The second-order valence-corrected chi connectivity index (χ2v) is 6.74. The first-order valence-corrected chi connectivity index (χ1v) is 9.37. The zero-order valence-electron chi connectivity index (χ0n) is 15.4. The van der Waals surface area contributed by atoms with Crippen molar-refractivity contribution in [1.29, 1.82) is 0 Å². The molecule has 1 saturated heterocycles. The zero-order chi connectivity index (χ0) is 17.7. The number of benzene rings is 1. The van der Waals surface area contributed by atoms with Gasteiger partial charge in [0.15, 0.2) is 0 Å². The lowest BCUT2D eigenvalue weighted by molar-refractivity contribution is -0.121. The predicted octanol–water partition coefficient (Wildman–Crippen LogP) is 2.46. The molecule has 1 amide bonds. The summed E-state index contributed by atoms with van der Waals surface area (Å²) >= 11 is 0. The van der Waals surface area contributed by atoms with E-state index in [4.69, 9.17) is 9.47 Å². The summed E-state index contributed by atoms with van der Waals surface area (Å²) in [7, 11) is 1.66. The average Bonchev–Trinajstić information content (AvgIpc) is 2.64. The zero-order valence-corrected chi connectivity index (χ0v) is 15.4. The van der Waals surface area contributed by atoms with Crippen LogP contribution < -0.4 is 5.32 Å². The maximum atomic E-state index is 11.9. The van der Waals surface area contributed by atoms with Crippen LogP contribution in [-0.4, -0.2) is 57.4 Å². The van der Waals surface area contributed by atoms with Crippen LogP contribution in [0.15, 0.2) is 30.3 Å². The molecule has 0 unspecified atom stereocenters. The van der Waals surface area contributed by atoms with Crippen molar-refractivity contribution in [3.63, 3.8) is 0 Å². The Morgan fingerprint density at radius 2 is 2.08 bits per heavy atom. The van der Waals surface area contributed by atoms with Crippen molar-refractivity contribution in [2.75, 3.05) is 46.6 Å². The van der Waals surface area contributed by atoms with Gasteiger partial charge in [0.2, 0.25) is 5.91 Å². The van der Waals surface area contributed by atoms with E-state index in [0.29, 0.717) is 32.2 Å². The summed E-state index contributed by atoms with van der Waals surface area (Å²) in [6.45, 7) is 5.82. The second kappa shape index (κ2) is 12.0. The van der Waals surface area contributed by atoms with Crippen molar-refractivity contribution in [1.82, 2.24) is 10.2 Å². The minimum absolute atomic E-state index is 0.135. The number of carbonyl (C=O) groups excluding carboxylic acids is 1. The van der Waals surface area contributed by atoms with Crippen molar-refractivity contribution in [2.45, 2.75) is 32.2 Å². The first kappa shape index (κ1) is 19.9. The molecule has 0 spiro atoms. The van der Waals surface area contributed by atoms with Gasteiger partial charge < -0.3 is 14.8 Å². The third-order valence-electron chi connectivity index (χ3n) is 4.56. The van der Waals surface area contributed by atoms with Gasteiger partial charge in [-0.15, -0.1) is 0 Å². The quantitative estimate of drug-likeness (QED) is 0.624. The van der Waals surface area contributed by atoms with Gasteiger partial charge in [-0.3, -0.25) is 9.69 Å². The fourth-order valence-electron chi connectivity index (χ4n) is 3.23. The molecule has 0 radical (unpaired) electrons. The molecule has 1 N–H and O–H groups in total. The topological polar surface area (TPSA) is 50.8 Å². The summed E-state index contributed by atoms with van der Waals surface area (Å²) in [4.78, 5) is 14.4. The normalized spacial score (nSPS) is 18.2. The summed E-state index contributed by atoms with van der Waals surface area (Å²) < 4.78 is 10.3. The van der Waals surface area contributed by atoms with Gasteiger partial charge in [0, 0.05) is 39.8 Å². The van der Waals surface area contributed by atoms with E-state index in [0.717, 1.165) is 32.6 Å². The van der Waals surface area contributed by atoms with E-state index in [-0.39, 0.29) is 5.91 Å². The number of rotatable bonds is 11. The fourth-order valence-corrected chi connectivity index (χ4v) is 3.23. The van der Waals surface area contributed by atoms with E-state index in [1.54, 1.807) is 7.11 Å². The minimum atomic E-state index is 0.135. The third-order valence-corrected chi connectivity index (χ3v) is 4.56. The maximum Gasteiger partial charge on any atom is 0.220 e. The number of hydrogen-bond donors (Lipinski definition) is 1. The molecule has 1 aliphatic heterocycles. The number of likely N-dealkylation sites (tertiary alicyclic amines) is 1. The molecule has 1 atom stereocenters. The van der Waals surface area contributed by atoms with E-state index >= 15 is 0 Å². The van der Waals surface area contributed by atoms with Crippen LogP contribution in [0.5, 0.6) is 0 Å². The predicted molar refractivity (Wildman–Crippen MR) is 99.4 cm³/mol. The highest BCUT2D eigenvalue weighted by Gasteiger charge is 2.20. The highest BCUT2D eigenvalue weighted by atomic mass is 16.5. The van der Waals surface area contributed by atoms with Gasteiger partial charge in [0.1, 0.15) is 0 Å². The molecule has 0 aliphatic carbocycles. The Bertz CT molecular complexity index is 481. The number of nitrogens with one attached hydrogen (secondary N) is 1. The number of ether oxygens (including phenoxy) is 2. The number of hydrogen-bond acceptors (Lipinski definition) is 4. The number of nitrogens with zero attached hydrogens (tertiary/aromatic N) is 1. The molecule has 1 aromatic carbocycles. The molecule has 1 heterocycles. The van der Waals surface area contributed by atoms with Crippen molar-refractivity contribution >= 4 is 5.91 Å². The van der Waals surface area contributed by atoms with Crippen molar-refractivity contribution in [3.8, 4) is 0 Å². The van der Waals surface area contributed by atoms with Crippen molar-refractivity contribution in [2.24, 2.45) is 5.92 Å². The molecule has 0 aromatic heterocycles. The van der Waals surface area contributed by atoms with Crippen LogP contribution in [0.3, 0.4) is 0 Å². The van der Waals surface area contributed by atoms with Gasteiger partial charge in [-0.1, -0.05) is 30.3 Å². The Balaban J connectivity index is 1.58. The monoisotopic (exact) mass is 348 g/mol. The van der Waals surface area contributed by atoms with E-state index in [9.17, 15) is 4.79 Å². The molecule has 25 heavy (non-hydrogen) atoms. The molecule has 1 aliphatic rings. The molecule has 2 rings (SSSR count). The maximum absolute atomic E-state index is 11.9. The van der Waals surface area contributed by atoms with E-state index < -0.39 is 0 Å². The Labute approximate surface area is 151 Å². The molecular formula is C20H32N2O3. The summed E-state index contributed by atoms with van der Waals surface area (Å²) in [5.74, 6) is 0.690. The molecule has 140 valence electrons. The SMILES string of the molecule is COCCOCCCC(=O)NC[C@@H]1CCCN(Cc2ccccc2)C1. The fraction of sp³-hybridized carbons (Fsp3) is 0.650. The van der Waals surface area contributed by atoms with Crippen molar-refractivity contribution < 1.29 is 14.3 Å². The van der Waals surface area contributed by atoms with Crippen LogP contribution in [-0.2, 0) is 20.8 Å². The number of amides is 1. The summed E-state index contributed by atoms with van der Waals surface area (Å²) in [6, 6.07) is 10.6. The van der Waals surface area contributed by atoms with E-state index in [2.05, 4.69) is 40.5 Å². The molecule has 5 nitrogen and oxygen atoms in total. The van der Waals surface area contributed by atoms with Gasteiger partial charge in [0.05, 0.1) is 13.2 Å². The lowest BCUT2D eigenvalue weighted by Gasteiger charge is -2.32. The average molecular weight is 348 g/mol. The van der Waals surface area contributed by atoms with Crippen LogP contribution in [0, 0.1) is 5.92 Å². The molecule has 1 aromatic rings. The van der Waals surface area contributed by atoms with Crippen LogP contribution in [0.4, 0.5) is 0 Å². The van der Waals surface area contributed by atoms with Gasteiger partial charge in [-0.2, -0.15) is 0 Å². The number of carbonyl (C=O) groups is 1. The molecular weight excluding hydrogens is 316 g/mol. The first-order chi connectivity index (χ1) is 12.3. The van der Waals surface area contributed by atoms with Crippen LogP contribution in [0.2, 0.25) is 0 Å². The van der Waals surface area contributed by atoms with Gasteiger partial charge in [-0.25, -0.2) is 0 Å². The van der Waals surface area contributed by atoms with Gasteiger partial charge >= 0.3 is 0 Å². The minimum Gasteiger partial charge on any atom is -0.382 e. The van der Waals surface area contributed by atoms with Crippen LogP contribution >= 0.6 is 0 Å². The summed E-state index contributed by atoms with van der Waals surface area (Å²) in [5.41, 5.74) is 1.36. The Kier molecular flexibility index (Phi) is 9.55. The standard InChI is InChI=1S/C20H32N2O3/c1-24-13-14-25-12-6-10-20(23)21-15-19-9-5-11-22(17-19)16-18-7-3-2-4-8-18/h2-4,7-8,19H,5-6,9-17H2,1H3,(H,21,23)/t19-/m0/s1. The Hall–Kier alpha value is -1.43. The first-order valence-electron chi connectivity index (χ1n) is 9.37. The van der Waals surface area contributed by atoms with Crippen LogP contribution in [0.1, 0.15) is 31.2 Å². The Morgan fingerprint density at radius 3 is 2.88 bits per heavy atom. The van der Waals surface area contributed by atoms with E-state index in [1.165, 1.54) is 18.4 Å². The third kappa shape index (κ3) is 8.47. The second-order valence-electron chi connectivity index (χ2n) is 6.74. The molecule has 0 bridgehead atoms. The lowest BCUT2D eigenvalue weighted by atomic mass is 9.97. The highest BCUT2D eigenvalue weighted by Crippen LogP contribution is 2.18. The molecule has 0 saturated carbocycles. The van der Waals surface area contributed by atoms with Crippen molar-refractivity contribution in [3.05, 3.63) is 35.9 Å². The summed E-state index contributed by atoms with van der Waals surface area (Å²) in [5, 5.41) is 3.09. The van der Waals surface area contributed by atoms with Gasteiger partial charge in [-0.05, 0) is 37.3 Å². The Morgan fingerprint density at radius 1 is 1.24 bits per heavy atom. The molecule has 1 fully saturated rings. The largest absolute Gasteiger partial charge is 0.382 e. The smallest absolute Gasteiger partial charge is 0.220 e. The number of methoxy groups -OCH3 is 1. The van der Waals surface area contributed by atoms with Crippen LogP contribution in [0.25, 0.3) is 0 Å². The molecule has 5 heteroatoms. The number of piperidine rings is 1. The van der Waals surface area contributed by atoms with E-state index in [1.807, 2.05) is 0 Å². The lowest BCUT2D eigenvalue weighted by Crippen LogP contribution is -2.40.